The topological polar surface area (TPSA) is 77.1 Å². The Morgan fingerprint density at radius 1 is 1.37 bits per heavy atom. The van der Waals surface area contributed by atoms with Crippen molar-refractivity contribution in [1.29, 1.82) is 0 Å². The minimum absolute atomic E-state index is 0.0327. The summed E-state index contributed by atoms with van der Waals surface area (Å²) >= 11 is 1.89. The number of hydrogen-bond donors (Lipinski definition) is 2. The van der Waals surface area contributed by atoms with E-state index in [2.05, 4.69) is 12.1 Å². The molecule has 0 aromatic heterocycles. The van der Waals surface area contributed by atoms with Crippen LogP contribution >= 0.6 is 11.8 Å². The number of oxime groups is 1. The van der Waals surface area contributed by atoms with Crippen molar-refractivity contribution in [3.05, 3.63) is 23.8 Å². The molecule has 19 heavy (non-hydrogen) atoms. The molecule has 3 N–H and O–H groups in total. The Labute approximate surface area is 117 Å². The fraction of sp³-hybridized carbons (Fsp3) is 0.462. The first-order valence-corrected chi connectivity index (χ1v) is 7.24. The molecule has 0 saturated carbocycles. The zero-order chi connectivity index (χ0) is 14.1. The van der Waals surface area contributed by atoms with Crippen molar-refractivity contribution in [2.45, 2.75) is 13.3 Å². The van der Waals surface area contributed by atoms with Crippen molar-refractivity contribution in [2.75, 3.05) is 25.2 Å². The molecule has 1 rings (SSSR count). The minimum atomic E-state index is 0.0327. The lowest BCUT2D eigenvalue weighted by Crippen LogP contribution is -2.13. The normalized spacial score (nSPS) is 11.4. The molecule has 0 heterocycles. The van der Waals surface area contributed by atoms with Crippen molar-refractivity contribution >= 4 is 17.6 Å². The Kier molecular flexibility index (Phi) is 6.95. The predicted molar refractivity (Wildman–Crippen MR) is 78.6 cm³/mol. The van der Waals surface area contributed by atoms with Gasteiger partial charge in [0.05, 0.1) is 13.7 Å². The van der Waals surface area contributed by atoms with Crippen molar-refractivity contribution in [2.24, 2.45) is 10.9 Å². The van der Waals surface area contributed by atoms with E-state index in [-0.39, 0.29) is 5.84 Å². The summed E-state index contributed by atoms with van der Waals surface area (Å²) in [6.07, 6.45) is 0.981. The van der Waals surface area contributed by atoms with E-state index in [0.717, 1.165) is 17.9 Å². The van der Waals surface area contributed by atoms with Gasteiger partial charge in [0.15, 0.2) is 5.84 Å². The second-order valence-corrected chi connectivity index (χ2v) is 5.18. The van der Waals surface area contributed by atoms with E-state index in [1.807, 2.05) is 11.8 Å². The van der Waals surface area contributed by atoms with E-state index in [4.69, 9.17) is 20.4 Å². The monoisotopic (exact) mass is 284 g/mol. The van der Waals surface area contributed by atoms with Gasteiger partial charge in [-0.2, -0.15) is 11.8 Å². The first-order valence-electron chi connectivity index (χ1n) is 6.08. The second kappa shape index (κ2) is 8.53. The SMILES string of the molecule is CCSCCCOc1cc(OC)cc(/C(N)=N/O)c1. The highest BCUT2D eigenvalue weighted by atomic mass is 32.2. The molecule has 5 nitrogen and oxygen atoms in total. The number of hydrogen-bond acceptors (Lipinski definition) is 5. The Hall–Kier alpha value is -1.56. The zero-order valence-electron chi connectivity index (χ0n) is 11.3. The summed E-state index contributed by atoms with van der Waals surface area (Å²) in [7, 11) is 1.56. The van der Waals surface area contributed by atoms with Gasteiger partial charge in [0.25, 0.3) is 0 Å². The molecule has 0 unspecified atom stereocenters. The lowest BCUT2D eigenvalue weighted by atomic mass is 10.2. The van der Waals surface area contributed by atoms with Gasteiger partial charge in [-0.1, -0.05) is 12.1 Å². The van der Waals surface area contributed by atoms with Crippen molar-refractivity contribution in [1.82, 2.24) is 0 Å². The molecule has 0 atom stereocenters. The Morgan fingerprint density at radius 2 is 2.11 bits per heavy atom. The van der Waals surface area contributed by atoms with Gasteiger partial charge in [-0.3, -0.25) is 0 Å². The highest BCUT2D eigenvalue weighted by Gasteiger charge is 2.06. The Balaban J connectivity index is 2.66. The summed E-state index contributed by atoms with van der Waals surface area (Å²) in [5.74, 6) is 3.50. The average molecular weight is 284 g/mol. The quantitative estimate of drug-likeness (QED) is 0.252. The van der Waals surface area contributed by atoms with Crippen LogP contribution in [0.25, 0.3) is 0 Å². The number of rotatable bonds is 8. The van der Waals surface area contributed by atoms with Crippen LogP contribution in [-0.4, -0.2) is 36.3 Å². The molecule has 1 aromatic rings. The molecule has 1 aromatic carbocycles. The number of amidine groups is 1. The van der Waals surface area contributed by atoms with Gasteiger partial charge in [-0.25, -0.2) is 0 Å². The van der Waals surface area contributed by atoms with E-state index < -0.39 is 0 Å². The van der Waals surface area contributed by atoms with E-state index in [1.54, 1.807) is 25.3 Å². The van der Waals surface area contributed by atoms with Crippen LogP contribution in [0.3, 0.4) is 0 Å². The summed E-state index contributed by atoms with van der Waals surface area (Å²) in [4.78, 5) is 0. The Morgan fingerprint density at radius 3 is 2.74 bits per heavy atom. The molecule has 0 amide bonds. The third-order valence-electron chi connectivity index (χ3n) is 2.43. The van der Waals surface area contributed by atoms with E-state index >= 15 is 0 Å². The minimum Gasteiger partial charge on any atom is -0.497 e. The number of methoxy groups -OCH3 is 1. The van der Waals surface area contributed by atoms with Gasteiger partial charge < -0.3 is 20.4 Å². The van der Waals surface area contributed by atoms with Crippen LogP contribution in [0.1, 0.15) is 18.9 Å². The molecule has 0 bridgehead atoms. The highest BCUT2D eigenvalue weighted by molar-refractivity contribution is 7.99. The molecule has 0 aliphatic heterocycles. The van der Waals surface area contributed by atoms with Gasteiger partial charge in [0.2, 0.25) is 0 Å². The first kappa shape index (κ1) is 15.5. The number of nitrogens with zero attached hydrogens (tertiary/aromatic N) is 1. The average Bonchev–Trinajstić information content (AvgIpc) is 2.45. The van der Waals surface area contributed by atoms with Crippen LogP contribution in [-0.2, 0) is 0 Å². The van der Waals surface area contributed by atoms with Crippen LogP contribution in [0.15, 0.2) is 23.4 Å². The summed E-state index contributed by atoms with van der Waals surface area (Å²) in [5, 5.41) is 11.7. The van der Waals surface area contributed by atoms with Gasteiger partial charge in [0, 0.05) is 11.6 Å². The number of nitrogens with two attached hydrogens (primary N) is 1. The lowest BCUT2D eigenvalue weighted by molar-refractivity contribution is 0.315. The highest BCUT2D eigenvalue weighted by Crippen LogP contribution is 2.23. The maximum absolute atomic E-state index is 8.69. The maximum Gasteiger partial charge on any atom is 0.170 e. The predicted octanol–water partition coefficient (Wildman–Crippen LogP) is 2.31. The molecule has 0 saturated heterocycles. The third kappa shape index (κ3) is 5.30. The molecule has 0 fully saturated rings. The summed E-state index contributed by atoms with van der Waals surface area (Å²) in [6, 6.07) is 5.19. The van der Waals surface area contributed by atoms with E-state index in [0.29, 0.717) is 23.7 Å². The lowest BCUT2D eigenvalue weighted by Gasteiger charge is -2.10. The first-order chi connectivity index (χ1) is 9.21. The second-order valence-electron chi connectivity index (χ2n) is 3.78. The van der Waals surface area contributed by atoms with Gasteiger partial charge in [0.1, 0.15) is 11.5 Å². The molecule has 106 valence electrons. The number of benzene rings is 1. The van der Waals surface area contributed by atoms with Crippen molar-refractivity contribution in [3.63, 3.8) is 0 Å². The summed E-state index contributed by atoms with van der Waals surface area (Å²) in [6.45, 7) is 2.77. The summed E-state index contributed by atoms with van der Waals surface area (Å²) < 4.78 is 10.8. The zero-order valence-corrected chi connectivity index (χ0v) is 12.1. The van der Waals surface area contributed by atoms with Crippen LogP contribution in [0.5, 0.6) is 11.5 Å². The molecule has 0 radical (unpaired) electrons. The van der Waals surface area contributed by atoms with Crippen molar-refractivity contribution < 1.29 is 14.7 Å². The smallest absolute Gasteiger partial charge is 0.170 e. The Bertz CT molecular complexity index is 424. The van der Waals surface area contributed by atoms with E-state index in [1.165, 1.54) is 0 Å². The van der Waals surface area contributed by atoms with Crippen LogP contribution in [0.4, 0.5) is 0 Å². The van der Waals surface area contributed by atoms with Gasteiger partial charge in [-0.05, 0) is 30.1 Å². The molecule has 0 spiro atoms. The fourth-order valence-corrected chi connectivity index (χ4v) is 2.08. The molecule has 0 aliphatic rings. The van der Waals surface area contributed by atoms with E-state index in [9.17, 15) is 0 Å². The van der Waals surface area contributed by atoms with Crippen LogP contribution in [0.2, 0.25) is 0 Å². The molecular weight excluding hydrogens is 264 g/mol. The standard InChI is InChI=1S/C13H20N2O3S/c1-3-19-6-4-5-18-12-8-10(13(14)15-16)7-11(9-12)17-2/h7-9,16H,3-6H2,1-2H3,(H2,14,15). The molecule has 0 aliphatic carbocycles. The number of thioether (sulfide) groups is 1. The largest absolute Gasteiger partial charge is 0.497 e. The summed E-state index contributed by atoms with van der Waals surface area (Å²) in [5.41, 5.74) is 6.14. The van der Waals surface area contributed by atoms with Crippen LogP contribution in [0, 0.1) is 0 Å². The number of ether oxygens (including phenoxy) is 2. The van der Waals surface area contributed by atoms with Crippen molar-refractivity contribution in [3.8, 4) is 11.5 Å². The van der Waals surface area contributed by atoms with Crippen LogP contribution < -0.4 is 15.2 Å². The maximum atomic E-state index is 8.69. The molecular formula is C13H20N2O3S. The van der Waals surface area contributed by atoms with Gasteiger partial charge >= 0.3 is 0 Å². The third-order valence-corrected chi connectivity index (χ3v) is 3.41. The van der Waals surface area contributed by atoms with Gasteiger partial charge in [-0.15, -0.1) is 0 Å². The molecule has 6 heteroatoms. The fourth-order valence-electron chi connectivity index (χ4n) is 1.47.